The molecule has 2 aromatic rings. The van der Waals surface area contributed by atoms with E-state index in [0.717, 1.165) is 27.8 Å². The van der Waals surface area contributed by atoms with Crippen molar-refractivity contribution >= 4 is 40.9 Å². The van der Waals surface area contributed by atoms with Crippen molar-refractivity contribution in [2.75, 3.05) is 18.2 Å². The molecule has 1 aromatic carbocycles. The molecule has 0 radical (unpaired) electrons. The van der Waals surface area contributed by atoms with Crippen LogP contribution in [0.3, 0.4) is 0 Å². The highest BCUT2D eigenvalue weighted by molar-refractivity contribution is 7.77. The smallest absolute Gasteiger partial charge is 0.284 e. The van der Waals surface area contributed by atoms with Gasteiger partial charge < -0.3 is 9.12 Å². The van der Waals surface area contributed by atoms with Gasteiger partial charge in [0.2, 0.25) is 6.41 Å². The van der Waals surface area contributed by atoms with Crippen LogP contribution in [-0.4, -0.2) is 48.1 Å². The number of hydrogen-bond donors (Lipinski definition) is 0. The van der Waals surface area contributed by atoms with Crippen molar-refractivity contribution in [3.63, 3.8) is 0 Å². The van der Waals surface area contributed by atoms with E-state index in [1.807, 2.05) is 6.92 Å². The lowest BCUT2D eigenvalue weighted by Crippen LogP contribution is -2.33. The topological polar surface area (TPSA) is 108 Å². The fraction of sp³-hybridized carbons (Fsp3) is 0.450. The summed E-state index contributed by atoms with van der Waals surface area (Å²) in [5.41, 5.74) is 1.28. The minimum Gasteiger partial charge on any atom is -0.755 e. The molecule has 1 atom stereocenters. The Morgan fingerprint density at radius 1 is 1.35 bits per heavy atom. The van der Waals surface area contributed by atoms with E-state index < -0.39 is 17.2 Å². The molecule has 1 aromatic heterocycles. The van der Waals surface area contributed by atoms with E-state index in [-0.39, 0.29) is 12.2 Å². The van der Waals surface area contributed by atoms with Crippen LogP contribution in [0.4, 0.5) is 5.69 Å². The van der Waals surface area contributed by atoms with Gasteiger partial charge in [0.05, 0.1) is 30.1 Å². The first-order valence-corrected chi connectivity index (χ1v) is 11.3. The SMILES string of the molecule is CCCCCN(C(=O)c1cn(Cc2ccc(N(C=O)OCC)cc2Cl)c(C)n1)S(=O)[O-]. The summed E-state index contributed by atoms with van der Waals surface area (Å²) in [5, 5.41) is 1.50. The normalized spacial score (nSPS) is 11.9. The van der Waals surface area contributed by atoms with Crippen molar-refractivity contribution in [2.24, 2.45) is 0 Å². The number of aryl methyl sites for hydroxylation is 1. The van der Waals surface area contributed by atoms with E-state index in [2.05, 4.69) is 4.98 Å². The lowest BCUT2D eigenvalue weighted by molar-refractivity contribution is -0.113. The molecule has 1 unspecified atom stereocenters. The molecule has 9 nitrogen and oxygen atoms in total. The lowest BCUT2D eigenvalue weighted by atomic mass is 10.2. The third-order valence-electron chi connectivity index (χ3n) is 4.56. The van der Waals surface area contributed by atoms with Crippen molar-refractivity contribution in [3.05, 3.63) is 46.5 Å². The van der Waals surface area contributed by atoms with Crippen LogP contribution in [0, 0.1) is 6.92 Å². The van der Waals surface area contributed by atoms with Crippen LogP contribution in [0.2, 0.25) is 5.02 Å². The van der Waals surface area contributed by atoms with Crippen LogP contribution < -0.4 is 5.06 Å². The van der Waals surface area contributed by atoms with Gasteiger partial charge in [0, 0.05) is 17.8 Å². The minimum atomic E-state index is -2.67. The molecule has 0 aliphatic heterocycles. The number of carbonyl (C=O) groups is 2. The van der Waals surface area contributed by atoms with Crippen molar-refractivity contribution < 1.29 is 23.2 Å². The minimum absolute atomic E-state index is 0.0504. The molecule has 0 spiro atoms. The van der Waals surface area contributed by atoms with Crippen molar-refractivity contribution in [1.29, 1.82) is 0 Å². The zero-order valence-corrected chi connectivity index (χ0v) is 19.3. The summed E-state index contributed by atoms with van der Waals surface area (Å²) in [7, 11) is 0. The van der Waals surface area contributed by atoms with E-state index in [1.165, 1.54) is 6.20 Å². The number of carbonyl (C=O) groups excluding carboxylic acids is 2. The molecule has 0 saturated carbocycles. The number of halogens is 1. The van der Waals surface area contributed by atoms with Crippen LogP contribution in [0.25, 0.3) is 0 Å². The lowest BCUT2D eigenvalue weighted by Gasteiger charge is -2.23. The van der Waals surface area contributed by atoms with Gasteiger partial charge in [-0.2, -0.15) is 5.06 Å². The summed E-state index contributed by atoms with van der Waals surface area (Å²) >= 11 is 3.71. The number of nitrogens with zero attached hydrogens (tertiary/aromatic N) is 4. The Morgan fingerprint density at radius 2 is 2.10 bits per heavy atom. The van der Waals surface area contributed by atoms with Gasteiger partial charge in [0.1, 0.15) is 11.5 Å². The quantitative estimate of drug-likeness (QED) is 0.204. The number of aromatic nitrogens is 2. The third kappa shape index (κ3) is 6.60. The maximum absolute atomic E-state index is 12.7. The van der Waals surface area contributed by atoms with Crippen molar-refractivity contribution in [1.82, 2.24) is 13.9 Å². The predicted octanol–water partition coefficient (Wildman–Crippen LogP) is 3.23. The number of hydrogen-bond acceptors (Lipinski definition) is 6. The molecular formula is C20H26ClN4O5S-. The highest BCUT2D eigenvalue weighted by Gasteiger charge is 2.20. The number of anilines is 1. The summed E-state index contributed by atoms with van der Waals surface area (Å²) in [5.74, 6) is -0.122. The Balaban J connectivity index is 2.20. The second-order valence-electron chi connectivity index (χ2n) is 6.76. The fourth-order valence-corrected chi connectivity index (χ4v) is 3.68. The van der Waals surface area contributed by atoms with Gasteiger partial charge in [-0.1, -0.05) is 37.4 Å². The zero-order chi connectivity index (χ0) is 23.0. The molecule has 1 heterocycles. The van der Waals surface area contributed by atoms with Gasteiger partial charge in [0.15, 0.2) is 0 Å². The Labute approximate surface area is 189 Å². The number of unbranched alkanes of at least 4 members (excludes halogenated alkanes) is 2. The van der Waals surface area contributed by atoms with E-state index in [0.29, 0.717) is 42.5 Å². The average Bonchev–Trinajstić information content (AvgIpc) is 3.10. The van der Waals surface area contributed by atoms with Crippen LogP contribution >= 0.6 is 11.6 Å². The van der Waals surface area contributed by atoms with Gasteiger partial charge in [-0.3, -0.25) is 22.9 Å². The maximum Gasteiger partial charge on any atom is 0.284 e. The van der Waals surface area contributed by atoms with Crippen molar-refractivity contribution in [2.45, 2.75) is 46.6 Å². The molecule has 31 heavy (non-hydrogen) atoms. The molecule has 0 saturated heterocycles. The van der Waals surface area contributed by atoms with Gasteiger partial charge in [-0.25, -0.2) is 4.98 Å². The number of benzene rings is 1. The van der Waals surface area contributed by atoms with E-state index >= 15 is 0 Å². The second-order valence-corrected chi connectivity index (χ2v) is 8.04. The number of hydroxylamine groups is 1. The molecule has 0 N–H and O–H groups in total. The second kappa shape index (κ2) is 11.9. The molecule has 2 amide bonds. The first-order valence-electron chi connectivity index (χ1n) is 9.93. The summed E-state index contributed by atoms with van der Waals surface area (Å²) in [6.45, 7) is 6.24. The first-order chi connectivity index (χ1) is 14.8. The molecule has 170 valence electrons. The maximum atomic E-state index is 12.7. The van der Waals surface area contributed by atoms with Crippen molar-refractivity contribution in [3.8, 4) is 0 Å². The number of imidazole rings is 1. The van der Waals surface area contributed by atoms with Gasteiger partial charge >= 0.3 is 0 Å². The van der Waals surface area contributed by atoms with E-state index in [4.69, 9.17) is 16.4 Å². The molecule has 11 heteroatoms. The molecule has 2 rings (SSSR count). The van der Waals surface area contributed by atoms with Gasteiger partial charge in [-0.05, 0) is 38.0 Å². The fourth-order valence-electron chi connectivity index (χ4n) is 2.94. The Kier molecular flexibility index (Phi) is 9.63. The summed E-state index contributed by atoms with van der Waals surface area (Å²) in [6, 6.07) is 5.05. The van der Waals surface area contributed by atoms with Crippen LogP contribution in [0.1, 0.15) is 55.0 Å². The van der Waals surface area contributed by atoms with Crippen LogP contribution in [0.15, 0.2) is 24.4 Å². The van der Waals surface area contributed by atoms with Crippen LogP contribution in [-0.2, 0) is 27.4 Å². The Bertz CT molecular complexity index is 936. The van der Waals surface area contributed by atoms with Crippen LogP contribution in [0.5, 0.6) is 0 Å². The highest BCUT2D eigenvalue weighted by Crippen LogP contribution is 2.25. The molecule has 0 aliphatic rings. The first kappa shape index (κ1) is 25.0. The molecule has 0 aliphatic carbocycles. The van der Waals surface area contributed by atoms with E-state index in [9.17, 15) is 18.4 Å². The largest absolute Gasteiger partial charge is 0.755 e. The summed E-state index contributed by atoms with van der Waals surface area (Å²) in [4.78, 5) is 33.3. The Hall–Kier alpha value is -2.27. The molecule has 0 bridgehead atoms. The highest BCUT2D eigenvalue weighted by atomic mass is 35.5. The molecule has 0 fully saturated rings. The standard InChI is InChI=1S/C20H27ClN4O5S/c1-4-6-7-10-25(31(28)29)20(27)19-13-23(15(3)22-19)12-16-8-9-17(11-18(16)21)24(14-26)30-5-2/h8-9,11,13-14H,4-7,10,12H2,1-3H3,(H,28,29)/p-1. The van der Waals surface area contributed by atoms with Gasteiger partial charge in [0.25, 0.3) is 5.91 Å². The monoisotopic (exact) mass is 469 g/mol. The number of rotatable bonds is 12. The third-order valence-corrected chi connectivity index (χ3v) is 5.62. The average molecular weight is 470 g/mol. The Morgan fingerprint density at radius 3 is 2.68 bits per heavy atom. The molecular weight excluding hydrogens is 444 g/mol. The summed E-state index contributed by atoms with van der Waals surface area (Å²) < 4.78 is 25.5. The van der Waals surface area contributed by atoms with Gasteiger partial charge in [-0.15, -0.1) is 0 Å². The predicted molar refractivity (Wildman–Crippen MR) is 117 cm³/mol. The zero-order valence-electron chi connectivity index (χ0n) is 17.7. The number of amides is 2. The van der Waals surface area contributed by atoms with E-state index in [1.54, 1.807) is 36.6 Å². The summed E-state index contributed by atoms with van der Waals surface area (Å²) in [6.07, 6.45) is 4.40.